The number of benzene rings is 1. The van der Waals surface area contributed by atoms with E-state index in [9.17, 15) is 17.6 Å². The largest absolute Gasteiger partial charge is 0.419 e. The molecule has 2 aliphatic rings. The zero-order valence-corrected chi connectivity index (χ0v) is 17.7. The predicted molar refractivity (Wildman–Crippen MR) is 111 cm³/mol. The van der Waals surface area contributed by atoms with Crippen molar-refractivity contribution in [2.75, 3.05) is 0 Å². The van der Waals surface area contributed by atoms with E-state index in [0.29, 0.717) is 5.92 Å². The van der Waals surface area contributed by atoms with E-state index >= 15 is 0 Å². The molecule has 0 aromatic heterocycles. The van der Waals surface area contributed by atoms with E-state index < -0.39 is 17.6 Å². The van der Waals surface area contributed by atoms with Gasteiger partial charge in [-0.2, -0.15) is 13.2 Å². The van der Waals surface area contributed by atoms with E-state index in [1.165, 1.54) is 56.7 Å². The first kappa shape index (κ1) is 22.4. The van der Waals surface area contributed by atoms with Crippen molar-refractivity contribution in [3.8, 4) is 0 Å². The summed E-state index contributed by atoms with van der Waals surface area (Å²) in [5, 5.41) is 0. The van der Waals surface area contributed by atoms with Gasteiger partial charge in [-0.3, -0.25) is 0 Å². The third kappa shape index (κ3) is 5.24. The average Bonchev–Trinajstić information content (AvgIpc) is 2.68. The summed E-state index contributed by atoms with van der Waals surface area (Å²) in [6.45, 7) is 3.89. The van der Waals surface area contributed by atoms with Gasteiger partial charge in [0.05, 0.1) is 5.56 Å². The van der Waals surface area contributed by atoms with Crippen molar-refractivity contribution in [1.82, 2.24) is 0 Å². The first-order chi connectivity index (χ1) is 13.8. The van der Waals surface area contributed by atoms with Crippen LogP contribution in [0.15, 0.2) is 18.2 Å². The second kappa shape index (κ2) is 9.66. The number of hydrogen-bond donors (Lipinski definition) is 0. The van der Waals surface area contributed by atoms with Crippen molar-refractivity contribution in [3.63, 3.8) is 0 Å². The Bertz CT molecular complexity index is 688. The van der Waals surface area contributed by atoms with E-state index in [1.54, 1.807) is 13.0 Å². The zero-order valence-electron chi connectivity index (χ0n) is 17.7. The summed E-state index contributed by atoms with van der Waals surface area (Å²) in [5.41, 5.74) is -0.932. The monoisotopic (exact) mass is 410 g/mol. The summed E-state index contributed by atoms with van der Waals surface area (Å²) in [6.07, 6.45) is 9.67. The Morgan fingerprint density at radius 2 is 1.52 bits per heavy atom. The maximum atomic E-state index is 15.0. The van der Waals surface area contributed by atoms with Crippen molar-refractivity contribution in [1.29, 1.82) is 0 Å². The van der Waals surface area contributed by atoms with Gasteiger partial charge in [-0.05, 0) is 80.2 Å². The zero-order chi connectivity index (χ0) is 21.0. The minimum Gasteiger partial charge on any atom is -0.206 e. The normalized spacial score (nSPS) is 28.8. The Morgan fingerprint density at radius 1 is 0.931 bits per heavy atom. The topological polar surface area (TPSA) is 0 Å². The lowest BCUT2D eigenvalue weighted by molar-refractivity contribution is -0.140. The van der Waals surface area contributed by atoms with Crippen molar-refractivity contribution < 1.29 is 17.6 Å². The molecule has 2 saturated carbocycles. The summed E-state index contributed by atoms with van der Waals surface area (Å²) in [7, 11) is 0. The molecular weight excluding hydrogens is 376 g/mol. The Balaban J connectivity index is 1.67. The number of allylic oxidation sites excluding steroid dienone is 1. The van der Waals surface area contributed by atoms with Gasteiger partial charge in [-0.25, -0.2) is 4.39 Å². The van der Waals surface area contributed by atoms with Gasteiger partial charge in [-0.1, -0.05) is 56.9 Å². The van der Waals surface area contributed by atoms with Crippen LogP contribution >= 0.6 is 0 Å². The van der Waals surface area contributed by atoms with Crippen LogP contribution in [0.1, 0.15) is 101 Å². The summed E-state index contributed by atoms with van der Waals surface area (Å²) in [5.74, 6) is 1.16. The molecule has 0 radical (unpaired) electrons. The second-order valence-corrected chi connectivity index (χ2v) is 9.11. The quantitative estimate of drug-likeness (QED) is 0.426. The molecule has 1 aromatic carbocycles. The fourth-order valence-corrected chi connectivity index (χ4v) is 5.79. The van der Waals surface area contributed by atoms with Gasteiger partial charge in [0, 0.05) is 0 Å². The molecule has 3 rings (SSSR count). The highest BCUT2D eigenvalue weighted by atomic mass is 19.4. The van der Waals surface area contributed by atoms with Crippen LogP contribution in [-0.4, -0.2) is 0 Å². The Labute approximate surface area is 172 Å². The average molecular weight is 411 g/mol. The van der Waals surface area contributed by atoms with Crippen LogP contribution in [0.5, 0.6) is 0 Å². The van der Waals surface area contributed by atoms with Crippen LogP contribution in [-0.2, 0) is 6.18 Å². The molecule has 29 heavy (non-hydrogen) atoms. The lowest BCUT2D eigenvalue weighted by Gasteiger charge is -2.38. The summed E-state index contributed by atoms with van der Waals surface area (Å²) >= 11 is 0. The molecule has 0 nitrogen and oxygen atoms in total. The molecule has 162 valence electrons. The van der Waals surface area contributed by atoms with Gasteiger partial charge >= 0.3 is 6.18 Å². The van der Waals surface area contributed by atoms with Gasteiger partial charge in [-0.15, -0.1) is 0 Å². The molecule has 2 aliphatic carbocycles. The Morgan fingerprint density at radius 3 is 2.03 bits per heavy atom. The molecule has 4 heteroatoms. The van der Waals surface area contributed by atoms with Crippen LogP contribution in [0.25, 0.3) is 6.08 Å². The number of alkyl halides is 3. The van der Waals surface area contributed by atoms with Gasteiger partial charge in [0.15, 0.2) is 0 Å². The lowest BCUT2D eigenvalue weighted by atomic mass is 9.68. The van der Waals surface area contributed by atoms with Crippen molar-refractivity contribution >= 4 is 6.08 Å². The highest BCUT2D eigenvalue weighted by molar-refractivity contribution is 5.56. The highest BCUT2D eigenvalue weighted by Crippen LogP contribution is 2.46. The van der Waals surface area contributed by atoms with Gasteiger partial charge in [0.2, 0.25) is 0 Å². The van der Waals surface area contributed by atoms with Crippen LogP contribution in [0.3, 0.4) is 0 Å². The van der Waals surface area contributed by atoms with Gasteiger partial charge in [0.1, 0.15) is 5.82 Å². The first-order valence-electron chi connectivity index (χ1n) is 11.4. The predicted octanol–water partition coefficient (Wildman–Crippen LogP) is 8.76. The molecule has 0 unspecified atom stereocenters. The van der Waals surface area contributed by atoms with E-state index in [4.69, 9.17) is 0 Å². The molecule has 0 amide bonds. The molecule has 0 spiro atoms. The van der Waals surface area contributed by atoms with Crippen LogP contribution in [0.4, 0.5) is 17.6 Å². The SMILES string of the molecule is C/C=C/c1ccc(C2CCC(C3CCC(CCC)CC3)CC2)c(F)c1C(F)(F)F. The molecule has 1 aromatic rings. The number of hydrogen-bond acceptors (Lipinski definition) is 0. The summed E-state index contributed by atoms with van der Waals surface area (Å²) in [6, 6.07) is 3.02. The lowest BCUT2D eigenvalue weighted by Crippen LogP contribution is -2.26. The molecular formula is C25H34F4. The maximum absolute atomic E-state index is 15.0. The molecule has 0 atom stereocenters. The Kier molecular flexibility index (Phi) is 7.45. The maximum Gasteiger partial charge on any atom is 0.419 e. The summed E-state index contributed by atoms with van der Waals surface area (Å²) in [4.78, 5) is 0. The third-order valence-electron chi connectivity index (χ3n) is 7.30. The Hall–Kier alpha value is -1.32. The van der Waals surface area contributed by atoms with E-state index in [-0.39, 0.29) is 17.0 Å². The number of rotatable bonds is 5. The van der Waals surface area contributed by atoms with Crippen molar-refractivity contribution in [2.45, 2.75) is 90.1 Å². The molecule has 0 N–H and O–H groups in total. The third-order valence-corrected chi connectivity index (χ3v) is 7.30. The molecule has 0 heterocycles. The fraction of sp³-hybridized carbons (Fsp3) is 0.680. The molecule has 0 aliphatic heterocycles. The molecule has 2 fully saturated rings. The van der Waals surface area contributed by atoms with Gasteiger partial charge < -0.3 is 0 Å². The smallest absolute Gasteiger partial charge is 0.206 e. The molecule has 0 saturated heterocycles. The van der Waals surface area contributed by atoms with Crippen LogP contribution in [0, 0.1) is 23.6 Å². The summed E-state index contributed by atoms with van der Waals surface area (Å²) < 4.78 is 55.4. The van der Waals surface area contributed by atoms with Crippen molar-refractivity contribution in [3.05, 3.63) is 40.7 Å². The van der Waals surface area contributed by atoms with E-state index in [0.717, 1.165) is 37.5 Å². The standard InChI is InChI=1S/C25H34F4/c1-3-5-17-7-9-18(10-8-17)19-11-13-20(14-12-19)22-16-15-21(6-4-2)23(24(22)26)25(27,28)29/h4,6,15-20H,3,5,7-14H2,1-2H3/b6-4+. The molecule has 0 bridgehead atoms. The second-order valence-electron chi connectivity index (χ2n) is 9.11. The van der Waals surface area contributed by atoms with E-state index in [1.807, 2.05) is 0 Å². The highest BCUT2D eigenvalue weighted by Gasteiger charge is 2.39. The minimum absolute atomic E-state index is 0.0845. The van der Waals surface area contributed by atoms with Crippen LogP contribution in [0.2, 0.25) is 0 Å². The van der Waals surface area contributed by atoms with Gasteiger partial charge in [0.25, 0.3) is 0 Å². The van der Waals surface area contributed by atoms with Crippen LogP contribution < -0.4 is 0 Å². The minimum atomic E-state index is -4.68. The van der Waals surface area contributed by atoms with Crippen molar-refractivity contribution in [2.24, 2.45) is 17.8 Å². The number of halogens is 4. The fourth-order valence-electron chi connectivity index (χ4n) is 5.79. The van der Waals surface area contributed by atoms with E-state index in [2.05, 4.69) is 6.92 Å². The first-order valence-corrected chi connectivity index (χ1v) is 11.4.